The molecule has 1 unspecified atom stereocenters. The normalized spacial score (nSPS) is 12.0. The molecule has 0 bridgehead atoms. The second-order valence-corrected chi connectivity index (χ2v) is 7.14. The van der Waals surface area contributed by atoms with Gasteiger partial charge in [-0.05, 0) is 17.0 Å². The minimum atomic E-state index is -0.605. The van der Waals surface area contributed by atoms with Crippen LogP contribution >= 0.6 is 23.1 Å². The van der Waals surface area contributed by atoms with Gasteiger partial charge >= 0.3 is 5.97 Å². The minimum absolute atomic E-state index is 0.134. The van der Waals surface area contributed by atoms with E-state index in [1.807, 2.05) is 35.7 Å². The van der Waals surface area contributed by atoms with Crippen LogP contribution in [0.1, 0.15) is 10.8 Å². The van der Waals surface area contributed by atoms with E-state index in [1.54, 1.807) is 12.1 Å². The molecule has 2 aromatic heterocycles. The number of hydrogen-bond acceptors (Lipinski definition) is 6. The average molecular weight is 372 g/mol. The molecule has 0 aliphatic carbocycles. The fraction of sp³-hybridized carbons (Fsp3) is 0.167. The maximum atomic E-state index is 12.7. The Morgan fingerprint density at radius 2 is 2.16 bits per heavy atom. The molecule has 128 valence electrons. The van der Waals surface area contributed by atoms with Crippen LogP contribution in [0, 0.1) is 0 Å². The molecule has 0 radical (unpaired) electrons. The highest BCUT2D eigenvalue weighted by Gasteiger charge is 2.25. The van der Waals surface area contributed by atoms with Crippen molar-refractivity contribution in [1.82, 2.24) is 9.55 Å². The number of hydrogen-bond donors (Lipinski definition) is 0. The number of rotatable bonds is 6. The number of carbonyl (C=O) groups is 1. The van der Waals surface area contributed by atoms with E-state index >= 15 is 0 Å². The van der Waals surface area contributed by atoms with Gasteiger partial charge in [-0.2, -0.15) is 0 Å². The van der Waals surface area contributed by atoms with Crippen molar-refractivity contribution >= 4 is 39.3 Å². The summed E-state index contributed by atoms with van der Waals surface area (Å²) in [6, 6.07) is 11.1. The molecule has 1 atom stereocenters. The van der Waals surface area contributed by atoms with Crippen molar-refractivity contribution in [2.75, 3.05) is 7.11 Å². The lowest BCUT2D eigenvalue weighted by molar-refractivity contribution is -0.140. The van der Waals surface area contributed by atoms with E-state index in [2.05, 4.69) is 11.6 Å². The Bertz CT molecular complexity index is 963. The zero-order chi connectivity index (χ0) is 17.8. The number of ether oxygens (including phenoxy) is 1. The molecule has 5 nitrogen and oxygen atoms in total. The highest BCUT2D eigenvalue weighted by molar-refractivity contribution is 8.00. The molecular formula is C18H16N2O3S2. The first-order chi connectivity index (χ1) is 12.2. The Hall–Kier alpha value is -2.38. The molecule has 0 fully saturated rings. The van der Waals surface area contributed by atoms with Gasteiger partial charge in [0.25, 0.3) is 5.56 Å². The fourth-order valence-corrected chi connectivity index (χ4v) is 4.34. The zero-order valence-electron chi connectivity index (χ0n) is 13.5. The maximum absolute atomic E-state index is 12.7. The van der Waals surface area contributed by atoms with Crippen LogP contribution in [-0.4, -0.2) is 22.6 Å². The summed E-state index contributed by atoms with van der Waals surface area (Å²) < 4.78 is 6.48. The van der Waals surface area contributed by atoms with E-state index < -0.39 is 5.25 Å². The smallest absolute Gasteiger partial charge is 0.323 e. The van der Waals surface area contributed by atoms with Crippen molar-refractivity contribution < 1.29 is 9.53 Å². The number of esters is 1. The largest absolute Gasteiger partial charge is 0.468 e. The lowest BCUT2D eigenvalue weighted by Gasteiger charge is -2.16. The molecule has 0 saturated heterocycles. The second-order valence-electron chi connectivity index (χ2n) is 5.17. The molecule has 1 aromatic carbocycles. The standard InChI is InChI=1S/C18H16N2O3S2/c1-3-10-20-16(21)13-9-11-24-15(13)19-18(20)25-14(17(22)23-2)12-7-5-4-6-8-12/h3-9,11,14H,1,10H2,2H3. The predicted octanol–water partition coefficient (Wildman–Crippen LogP) is 3.65. The molecule has 2 heterocycles. The summed E-state index contributed by atoms with van der Waals surface area (Å²) in [6.07, 6.45) is 1.64. The molecule has 25 heavy (non-hydrogen) atoms. The van der Waals surface area contributed by atoms with Crippen molar-refractivity contribution in [1.29, 1.82) is 0 Å². The van der Waals surface area contributed by atoms with Crippen molar-refractivity contribution in [3.8, 4) is 0 Å². The number of allylic oxidation sites excluding steroid dienone is 1. The number of benzene rings is 1. The Morgan fingerprint density at radius 1 is 1.40 bits per heavy atom. The van der Waals surface area contributed by atoms with Crippen LogP contribution in [0.3, 0.4) is 0 Å². The zero-order valence-corrected chi connectivity index (χ0v) is 15.2. The highest BCUT2D eigenvalue weighted by atomic mass is 32.2. The summed E-state index contributed by atoms with van der Waals surface area (Å²) >= 11 is 2.61. The topological polar surface area (TPSA) is 61.2 Å². The van der Waals surface area contributed by atoms with Gasteiger partial charge in [0.1, 0.15) is 10.1 Å². The third-order valence-electron chi connectivity index (χ3n) is 3.60. The molecule has 0 N–H and O–H groups in total. The first kappa shape index (κ1) is 17.4. The summed E-state index contributed by atoms with van der Waals surface area (Å²) in [5.74, 6) is -0.387. The third-order valence-corrected chi connectivity index (χ3v) is 5.63. The van der Waals surface area contributed by atoms with Gasteiger partial charge in [-0.3, -0.25) is 14.2 Å². The van der Waals surface area contributed by atoms with Gasteiger partial charge in [-0.1, -0.05) is 48.2 Å². The third kappa shape index (κ3) is 3.52. The number of thiophene rings is 1. The molecule has 0 aliphatic heterocycles. The Kier molecular flexibility index (Phi) is 5.35. The van der Waals surface area contributed by atoms with Gasteiger partial charge in [0.2, 0.25) is 0 Å². The molecule has 0 saturated carbocycles. The Balaban J connectivity index is 2.10. The van der Waals surface area contributed by atoms with Crippen LogP contribution in [0.2, 0.25) is 0 Å². The molecule has 3 aromatic rings. The van der Waals surface area contributed by atoms with Crippen LogP contribution in [0.4, 0.5) is 0 Å². The molecule has 0 spiro atoms. The van der Waals surface area contributed by atoms with Crippen LogP contribution in [-0.2, 0) is 16.1 Å². The van der Waals surface area contributed by atoms with Gasteiger partial charge in [-0.15, -0.1) is 17.9 Å². The van der Waals surface area contributed by atoms with Crippen molar-refractivity contribution in [3.05, 3.63) is 70.4 Å². The van der Waals surface area contributed by atoms with Crippen LogP contribution < -0.4 is 5.56 Å². The van der Waals surface area contributed by atoms with Crippen LogP contribution in [0.5, 0.6) is 0 Å². The number of carbonyl (C=O) groups excluding carboxylic acids is 1. The molecule has 0 amide bonds. The summed E-state index contributed by atoms with van der Waals surface area (Å²) in [5.41, 5.74) is 0.662. The van der Waals surface area contributed by atoms with E-state index in [0.717, 1.165) is 5.56 Å². The van der Waals surface area contributed by atoms with Gasteiger partial charge in [-0.25, -0.2) is 4.98 Å². The number of thioether (sulfide) groups is 1. The molecule has 3 rings (SSSR count). The number of nitrogens with zero attached hydrogens (tertiary/aromatic N) is 2. The summed E-state index contributed by atoms with van der Waals surface area (Å²) in [5, 5.41) is 2.28. The van der Waals surface area contributed by atoms with Crippen molar-refractivity contribution in [3.63, 3.8) is 0 Å². The molecule has 0 aliphatic rings. The fourth-order valence-electron chi connectivity index (χ4n) is 2.40. The van der Waals surface area contributed by atoms with E-state index in [1.165, 1.54) is 34.8 Å². The monoisotopic (exact) mass is 372 g/mol. The lowest BCUT2D eigenvalue weighted by atomic mass is 10.1. The summed E-state index contributed by atoms with van der Waals surface area (Å²) in [6.45, 7) is 4.03. The van der Waals surface area contributed by atoms with E-state index in [-0.39, 0.29) is 11.5 Å². The number of methoxy groups -OCH3 is 1. The van der Waals surface area contributed by atoms with E-state index in [4.69, 9.17) is 4.74 Å². The Morgan fingerprint density at radius 3 is 2.84 bits per heavy atom. The molecule has 7 heteroatoms. The van der Waals surface area contributed by atoms with Gasteiger partial charge in [0, 0.05) is 6.54 Å². The van der Waals surface area contributed by atoms with Crippen LogP contribution in [0.25, 0.3) is 10.2 Å². The van der Waals surface area contributed by atoms with E-state index in [0.29, 0.717) is 21.9 Å². The number of fused-ring (bicyclic) bond motifs is 1. The highest BCUT2D eigenvalue weighted by Crippen LogP contribution is 2.35. The summed E-state index contributed by atoms with van der Waals surface area (Å²) in [4.78, 5) is 30.3. The summed E-state index contributed by atoms with van der Waals surface area (Å²) in [7, 11) is 1.35. The number of aromatic nitrogens is 2. The maximum Gasteiger partial charge on any atom is 0.323 e. The Labute approximate surface area is 153 Å². The first-order valence-corrected chi connectivity index (χ1v) is 9.30. The minimum Gasteiger partial charge on any atom is -0.468 e. The van der Waals surface area contributed by atoms with Gasteiger partial charge in [0.15, 0.2) is 5.16 Å². The predicted molar refractivity (Wildman–Crippen MR) is 101 cm³/mol. The van der Waals surface area contributed by atoms with E-state index in [9.17, 15) is 9.59 Å². The van der Waals surface area contributed by atoms with Crippen LogP contribution in [0.15, 0.2) is 64.4 Å². The lowest BCUT2D eigenvalue weighted by Crippen LogP contribution is -2.23. The quantitative estimate of drug-likeness (QED) is 0.286. The van der Waals surface area contributed by atoms with Crippen molar-refractivity contribution in [2.24, 2.45) is 0 Å². The SMILES string of the molecule is C=CCn1c(SC(C(=O)OC)c2ccccc2)nc2sccc2c1=O. The van der Waals surface area contributed by atoms with Crippen molar-refractivity contribution in [2.45, 2.75) is 17.0 Å². The molecular weight excluding hydrogens is 356 g/mol. The van der Waals surface area contributed by atoms with Gasteiger partial charge in [0.05, 0.1) is 12.5 Å². The first-order valence-electron chi connectivity index (χ1n) is 7.54. The average Bonchev–Trinajstić information content (AvgIpc) is 3.11. The second kappa shape index (κ2) is 7.67. The van der Waals surface area contributed by atoms with Gasteiger partial charge < -0.3 is 4.74 Å².